The zero-order valence-corrected chi connectivity index (χ0v) is 13.4. The number of nitrogens with zero attached hydrogens (tertiary/aromatic N) is 2. The van der Waals surface area contributed by atoms with Gasteiger partial charge in [0.1, 0.15) is 4.90 Å². The summed E-state index contributed by atoms with van der Waals surface area (Å²) in [5, 5.41) is 11.0. The second kappa shape index (κ2) is 6.95. The molecule has 2 aromatic heterocycles. The Morgan fingerprint density at radius 2 is 2.23 bits per heavy atom. The van der Waals surface area contributed by atoms with Crippen LogP contribution in [-0.4, -0.2) is 36.0 Å². The van der Waals surface area contributed by atoms with Gasteiger partial charge in [-0.15, -0.1) is 11.3 Å². The van der Waals surface area contributed by atoms with E-state index in [1.807, 2.05) is 0 Å². The number of aliphatic carboxylic acids is 1. The number of aromatic nitrogens is 2. The number of rotatable bonds is 7. The van der Waals surface area contributed by atoms with Gasteiger partial charge < -0.3 is 5.11 Å². The highest BCUT2D eigenvalue weighted by molar-refractivity contribution is 7.89. The summed E-state index contributed by atoms with van der Waals surface area (Å²) in [5.41, 5.74) is 1.11. The summed E-state index contributed by atoms with van der Waals surface area (Å²) < 4.78 is 26.8. The zero-order chi connectivity index (χ0) is 16.2. The second-order valence-electron chi connectivity index (χ2n) is 4.59. The molecule has 0 saturated heterocycles. The zero-order valence-electron chi connectivity index (χ0n) is 11.8. The monoisotopic (exact) mass is 341 g/mol. The first-order valence-electron chi connectivity index (χ1n) is 6.44. The number of carbonyl (C=O) groups is 1. The number of hydrogen-bond acceptors (Lipinski definition) is 6. The van der Waals surface area contributed by atoms with Crippen molar-refractivity contribution in [3.05, 3.63) is 40.1 Å². The quantitative estimate of drug-likeness (QED) is 0.777. The molecule has 0 amide bonds. The lowest BCUT2D eigenvalue weighted by Crippen LogP contribution is -2.26. The van der Waals surface area contributed by atoms with E-state index in [2.05, 4.69) is 14.7 Å². The van der Waals surface area contributed by atoms with Gasteiger partial charge in [0.2, 0.25) is 10.0 Å². The average molecular weight is 341 g/mol. The molecule has 0 radical (unpaired) electrons. The van der Waals surface area contributed by atoms with Crippen LogP contribution in [0.1, 0.15) is 16.3 Å². The van der Waals surface area contributed by atoms with Crippen LogP contribution in [0.4, 0.5) is 0 Å². The van der Waals surface area contributed by atoms with E-state index in [1.54, 1.807) is 18.4 Å². The van der Waals surface area contributed by atoms with Crippen molar-refractivity contribution in [3.8, 4) is 0 Å². The van der Waals surface area contributed by atoms with Gasteiger partial charge in [-0.1, -0.05) is 0 Å². The number of aryl methyl sites for hydroxylation is 1. The molecule has 0 saturated carbocycles. The fourth-order valence-corrected chi connectivity index (χ4v) is 3.82. The highest BCUT2D eigenvalue weighted by atomic mass is 32.2. The summed E-state index contributed by atoms with van der Waals surface area (Å²) in [7, 11) is -3.60. The van der Waals surface area contributed by atoms with E-state index in [9.17, 15) is 13.2 Å². The number of sulfonamides is 1. The largest absolute Gasteiger partial charge is 0.481 e. The molecule has 0 aliphatic heterocycles. The summed E-state index contributed by atoms with van der Waals surface area (Å²) >= 11 is 1.32. The van der Waals surface area contributed by atoms with Gasteiger partial charge in [0, 0.05) is 30.7 Å². The minimum Gasteiger partial charge on any atom is -0.481 e. The smallest absolute Gasteiger partial charge is 0.309 e. The average Bonchev–Trinajstić information content (AvgIpc) is 2.85. The SMILES string of the molecule is Cc1ccncc1S(=O)(=O)NCCc1nc(CC(=O)O)cs1. The van der Waals surface area contributed by atoms with E-state index < -0.39 is 16.0 Å². The van der Waals surface area contributed by atoms with E-state index in [-0.39, 0.29) is 17.9 Å². The lowest BCUT2D eigenvalue weighted by atomic mass is 10.3. The topological polar surface area (TPSA) is 109 Å². The molecule has 2 aromatic rings. The van der Waals surface area contributed by atoms with Gasteiger partial charge in [0.05, 0.1) is 17.1 Å². The highest BCUT2D eigenvalue weighted by Crippen LogP contribution is 2.13. The standard InChI is InChI=1S/C13H15N3O4S2/c1-9-2-4-14-7-11(9)22(19,20)15-5-3-12-16-10(8-21-12)6-13(17)18/h2,4,7-8,15H,3,5-6H2,1H3,(H,17,18). The van der Waals surface area contributed by atoms with Crippen LogP contribution in [0, 0.1) is 6.92 Å². The summed E-state index contributed by atoms with van der Waals surface area (Å²) in [6.07, 6.45) is 3.12. The summed E-state index contributed by atoms with van der Waals surface area (Å²) in [4.78, 5) is 18.7. The number of carboxylic acid groups (broad SMARTS) is 1. The van der Waals surface area contributed by atoms with Crippen molar-refractivity contribution in [2.24, 2.45) is 0 Å². The molecular weight excluding hydrogens is 326 g/mol. The minimum absolute atomic E-state index is 0.128. The maximum atomic E-state index is 12.1. The van der Waals surface area contributed by atoms with Gasteiger partial charge >= 0.3 is 5.97 Å². The van der Waals surface area contributed by atoms with E-state index >= 15 is 0 Å². The van der Waals surface area contributed by atoms with Crippen LogP contribution in [0.25, 0.3) is 0 Å². The molecule has 22 heavy (non-hydrogen) atoms. The fourth-order valence-electron chi connectivity index (χ4n) is 1.80. The number of hydrogen-bond donors (Lipinski definition) is 2. The molecular formula is C13H15N3O4S2. The molecule has 9 heteroatoms. The minimum atomic E-state index is -3.60. The molecule has 2 heterocycles. The molecule has 0 aromatic carbocycles. The van der Waals surface area contributed by atoms with Crippen molar-refractivity contribution < 1.29 is 18.3 Å². The second-order valence-corrected chi connectivity index (χ2v) is 7.27. The Morgan fingerprint density at radius 3 is 2.91 bits per heavy atom. The lowest BCUT2D eigenvalue weighted by molar-refractivity contribution is -0.136. The van der Waals surface area contributed by atoms with E-state index in [0.717, 1.165) is 0 Å². The van der Waals surface area contributed by atoms with E-state index in [4.69, 9.17) is 5.11 Å². The Hall–Kier alpha value is -1.84. The molecule has 0 fully saturated rings. The van der Waals surface area contributed by atoms with Crippen LogP contribution in [0.15, 0.2) is 28.7 Å². The molecule has 2 N–H and O–H groups in total. The number of pyridine rings is 1. The molecule has 0 atom stereocenters. The maximum Gasteiger partial charge on any atom is 0.309 e. The Bertz CT molecular complexity index is 771. The van der Waals surface area contributed by atoms with Crippen LogP contribution in [0.5, 0.6) is 0 Å². The Labute approximate surface area is 132 Å². The first-order valence-corrected chi connectivity index (χ1v) is 8.80. The Kier molecular flexibility index (Phi) is 5.22. The molecule has 118 valence electrons. The van der Waals surface area contributed by atoms with Crippen LogP contribution in [-0.2, 0) is 27.7 Å². The predicted octanol–water partition coefficient (Wildman–Crippen LogP) is 0.995. The molecule has 7 nitrogen and oxygen atoms in total. The maximum absolute atomic E-state index is 12.1. The summed E-state index contributed by atoms with van der Waals surface area (Å²) in [6, 6.07) is 1.63. The van der Waals surface area contributed by atoms with Gasteiger partial charge in [-0.3, -0.25) is 9.78 Å². The van der Waals surface area contributed by atoms with Crippen LogP contribution < -0.4 is 4.72 Å². The normalized spacial score (nSPS) is 11.5. The third-order valence-corrected chi connectivity index (χ3v) is 5.39. The third kappa shape index (κ3) is 4.33. The molecule has 0 unspecified atom stereocenters. The molecule has 0 bridgehead atoms. The van der Waals surface area contributed by atoms with Crippen LogP contribution >= 0.6 is 11.3 Å². The van der Waals surface area contributed by atoms with E-state index in [0.29, 0.717) is 22.7 Å². The van der Waals surface area contributed by atoms with Crippen molar-refractivity contribution >= 4 is 27.3 Å². The number of thiazole rings is 1. The summed E-state index contributed by atoms with van der Waals surface area (Å²) in [6.45, 7) is 1.89. The lowest BCUT2D eigenvalue weighted by Gasteiger charge is -2.07. The van der Waals surface area contributed by atoms with Crippen molar-refractivity contribution in [2.75, 3.05) is 6.54 Å². The van der Waals surface area contributed by atoms with Gasteiger partial charge in [0.15, 0.2) is 0 Å². The van der Waals surface area contributed by atoms with Crippen LogP contribution in [0.3, 0.4) is 0 Å². The van der Waals surface area contributed by atoms with Crippen molar-refractivity contribution in [2.45, 2.75) is 24.7 Å². The molecule has 0 aliphatic carbocycles. The van der Waals surface area contributed by atoms with Gasteiger partial charge in [-0.05, 0) is 18.6 Å². The predicted molar refractivity (Wildman–Crippen MR) is 81.3 cm³/mol. The number of nitrogens with one attached hydrogen (secondary N) is 1. The van der Waals surface area contributed by atoms with Gasteiger partial charge in [0.25, 0.3) is 0 Å². The fraction of sp³-hybridized carbons (Fsp3) is 0.308. The third-order valence-electron chi connectivity index (χ3n) is 2.84. The van der Waals surface area contributed by atoms with Crippen LogP contribution in [0.2, 0.25) is 0 Å². The van der Waals surface area contributed by atoms with Gasteiger partial charge in [-0.2, -0.15) is 0 Å². The highest BCUT2D eigenvalue weighted by Gasteiger charge is 2.16. The Morgan fingerprint density at radius 1 is 1.45 bits per heavy atom. The Balaban J connectivity index is 1.94. The van der Waals surface area contributed by atoms with Gasteiger partial charge in [-0.25, -0.2) is 18.1 Å². The van der Waals surface area contributed by atoms with Crippen molar-refractivity contribution in [3.63, 3.8) is 0 Å². The van der Waals surface area contributed by atoms with Crippen molar-refractivity contribution in [1.29, 1.82) is 0 Å². The first-order chi connectivity index (χ1) is 10.4. The molecule has 2 rings (SSSR count). The number of carboxylic acids is 1. The van der Waals surface area contributed by atoms with E-state index in [1.165, 1.54) is 23.7 Å². The molecule has 0 spiro atoms. The molecule has 0 aliphatic rings. The first kappa shape index (κ1) is 16.5. The summed E-state index contributed by atoms with van der Waals surface area (Å²) in [5.74, 6) is -0.940. The van der Waals surface area contributed by atoms with Crippen molar-refractivity contribution in [1.82, 2.24) is 14.7 Å².